The van der Waals surface area contributed by atoms with Crippen molar-refractivity contribution in [1.82, 2.24) is 0 Å². The summed E-state index contributed by atoms with van der Waals surface area (Å²) >= 11 is 0. The van der Waals surface area contributed by atoms with Crippen LogP contribution in [-0.2, 0) is 9.59 Å². The minimum atomic E-state index is -1.56. The molecule has 0 heterocycles. The first kappa shape index (κ1) is 17.5. The van der Waals surface area contributed by atoms with Gasteiger partial charge in [-0.1, -0.05) is 0 Å². The summed E-state index contributed by atoms with van der Waals surface area (Å²) in [6.07, 6.45) is -2.13. The second-order valence-electron chi connectivity index (χ2n) is 1.79. The van der Waals surface area contributed by atoms with Crippen LogP contribution in [0.2, 0.25) is 0 Å². The Bertz CT molecular complexity index is 149. The molecule has 0 aromatic rings. The highest BCUT2D eigenvalue weighted by Gasteiger charge is 2.13. The zero-order valence-corrected chi connectivity index (χ0v) is 7.60. The van der Waals surface area contributed by atoms with E-state index in [1.54, 1.807) is 0 Å². The fourth-order valence-corrected chi connectivity index (χ4v) is 0.384. The lowest BCUT2D eigenvalue weighted by atomic mass is 10.2. The quantitative estimate of drug-likeness (QED) is 0.627. The van der Waals surface area contributed by atoms with E-state index in [1.165, 1.54) is 0 Å². The van der Waals surface area contributed by atoms with Crippen LogP contribution in [0.4, 0.5) is 0 Å². The number of aliphatic carboxylic acids is 2. The molecular formula is C5H10Cl2O5. The molecule has 0 aliphatic carbocycles. The number of hydrogen-bond acceptors (Lipinski definition) is 3. The Morgan fingerprint density at radius 2 is 1.58 bits per heavy atom. The van der Waals surface area contributed by atoms with Crippen LogP contribution in [0.25, 0.3) is 0 Å². The molecule has 0 spiro atoms. The highest BCUT2D eigenvalue weighted by Crippen LogP contribution is 1.95. The van der Waals surface area contributed by atoms with Gasteiger partial charge in [-0.25, -0.2) is 4.79 Å². The predicted octanol–water partition coefficient (Wildman–Crippen LogP) is 0.140. The number of aliphatic hydroxyl groups excluding tert-OH is 1. The average molecular weight is 221 g/mol. The minimum absolute atomic E-state index is 0. The van der Waals surface area contributed by atoms with Gasteiger partial charge in [0.15, 0.2) is 6.10 Å². The Morgan fingerprint density at radius 1 is 1.17 bits per heavy atom. The smallest absolute Gasteiger partial charge is 0.332 e. The monoisotopic (exact) mass is 220 g/mol. The number of carbonyl (C=O) groups is 2. The molecule has 0 rings (SSSR count). The Labute approximate surface area is 81.2 Å². The zero-order chi connectivity index (χ0) is 8.15. The van der Waals surface area contributed by atoms with Crippen LogP contribution >= 0.6 is 24.8 Å². The number of rotatable bonds is 4. The molecule has 0 saturated carbocycles. The predicted molar refractivity (Wildman–Crippen MR) is 45.0 cm³/mol. The largest absolute Gasteiger partial charge is 0.481 e. The van der Waals surface area contributed by atoms with Crippen LogP contribution in [0.1, 0.15) is 12.8 Å². The van der Waals surface area contributed by atoms with Gasteiger partial charge in [0, 0.05) is 6.42 Å². The van der Waals surface area contributed by atoms with Crippen molar-refractivity contribution < 1.29 is 24.9 Å². The van der Waals surface area contributed by atoms with Crippen molar-refractivity contribution in [2.24, 2.45) is 0 Å². The van der Waals surface area contributed by atoms with Crippen molar-refractivity contribution in [2.45, 2.75) is 18.9 Å². The SMILES string of the molecule is Cl.Cl.O=C(O)CCC(O)C(=O)O. The second kappa shape index (κ2) is 8.58. The molecule has 1 atom stereocenters. The van der Waals surface area contributed by atoms with Crippen molar-refractivity contribution in [2.75, 3.05) is 0 Å². The van der Waals surface area contributed by atoms with Gasteiger partial charge in [0.2, 0.25) is 0 Å². The van der Waals surface area contributed by atoms with E-state index in [0.717, 1.165) is 0 Å². The lowest BCUT2D eigenvalue weighted by molar-refractivity contribution is -0.147. The van der Waals surface area contributed by atoms with Gasteiger partial charge in [-0.15, -0.1) is 24.8 Å². The third-order valence-corrected chi connectivity index (χ3v) is 0.917. The topological polar surface area (TPSA) is 94.8 Å². The van der Waals surface area contributed by atoms with E-state index in [0.29, 0.717) is 0 Å². The zero-order valence-electron chi connectivity index (χ0n) is 5.97. The van der Waals surface area contributed by atoms with Crippen LogP contribution in [-0.4, -0.2) is 33.4 Å². The molecule has 12 heavy (non-hydrogen) atoms. The molecule has 0 aromatic carbocycles. The van der Waals surface area contributed by atoms with Gasteiger partial charge < -0.3 is 15.3 Å². The number of carboxylic acid groups (broad SMARTS) is 2. The summed E-state index contributed by atoms with van der Waals surface area (Å²) in [5, 5.41) is 24.6. The molecule has 7 heteroatoms. The summed E-state index contributed by atoms with van der Waals surface area (Å²) in [6, 6.07) is 0. The van der Waals surface area contributed by atoms with Crippen molar-refractivity contribution >= 4 is 36.8 Å². The molecule has 0 bridgehead atoms. The van der Waals surface area contributed by atoms with Crippen LogP contribution in [0.3, 0.4) is 0 Å². The number of halogens is 2. The van der Waals surface area contributed by atoms with E-state index < -0.39 is 18.0 Å². The van der Waals surface area contributed by atoms with Gasteiger partial charge in [0.1, 0.15) is 0 Å². The summed E-state index contributed by atoms with van der Waals surface area (Å²) < 4.78 is 0. The Balaban J connectivity index is -0.000000405. The first-order chi connectivity index (χ1) is 4.54. The van der Waals surface area contributed by atoms with E-state index in [4.69, 9.17) is 15.3 Å². The molecule has 0 aliphatic rings. The van der Waals surface area contributed by atoms with Gasteiger partial charge in [0.05, 0.1) is 0 Å². The summed E-state index contributed by atoms with van der Waals surface area (Å²) in [7, 11) is 0. The molecule has 5 nitrogen and oxygen atoms in total. The highest BCUT2D eigenvalue weighted by molar-refractivity contribution is 5.85. The van der Waals surface area contributed by atoms with Gasteiger partial charge in [-0.2, -0.15) is 0 Å². The van der Waals surface area contributed by atoms with E-state index >= 15 is 0 Å². The molecule has 0 aliphatic heterocycles. The lowest BCUT2D eigenvalue weighted by Gasteiger charge is -2.00. The normalized spacial score (nSPS) is 10.4. The first-order valence-corrected chi connectivity index (χ1v) is 2.66. The molecular weight excluding hydrogens is 211 g/mol. The molecule has 0 aromatic heterocycles. The minimum Gasteiger partial charge on any atom is -0.481 e. The molecule has 0 fully saturated rings. The van der Waals surface area contributed by atoms with Gasteiger partial charge >= 0.3 is 11.9 Å². The van der Waals surface area contributed by atoms with Crippen molar-refractivity contribution in [1.29, 1.82) is 0 Å². The summed E-state index contributed by atoms with van der Waals surface area (Å²) in [6.45, 7) is 0. The molecule has 3 N–H and O–H groups in total. The van der Waals surface area contributed by atoms with Crippen LogP contribution in [0, 0.1) is 0 Å². The van der Waals surface area contributed by atoms with Crippen molar-refractivity contribution in [3.05, 3.63) is 0 Å². The van der Waals surface area contributed by atoms with E-state index in [1.807, 2.05) is 0 Å². The van der Waals surface area contributed by atoms with Gasteiger partial charge in [-0.05, 0) is 6.42 Å². The molecule has 0 amide bonds. The lowest BCUT2D eigenvalue weighted by Crippen LogP contribution is -2.20. The van der Waals surface area contributed by atoms with Crippen molar-refractivity contribution in [3.8, 4) is 0 Å². The summed E-state index contributed by atoms with van der Waals surface area (Å²) in [4.78, 5) is 19.7. The van der Waals surface area contributed by atoms with Crippen LogP contribution in [0.15, 0.2) is 0 Å². The van der Waals surface area contributed by atoms with E-state index in [-0.39, 0.29) is 37.7 Å². The van der Waals surface area contributed by atoms with Crippen LogP contribution < -0.4 is 0 Å². The third-order valence-electron chi connectivity index (χ3n) is 0.917. The van der Waals surface area contributed by atoms with Gasteiger partial charge in [-0.3, -0.25) is 4.79 Å². The van der Waals surface area contributed by atoms with Crippen LogP contribution in [0.5, 0.6) is 0 Å². The fourth-order valence-electron chi connectivity index (χ4n) is 0.384. The maximum Gasteiger partial charge on any atom is 0.332 e. The Kier molecular flexibility index (Phi) is 12.5. The second-order valence-corrected chi connectivity index (χ2v) is 1.79. The Hall–Kier alpha value is -0.520. The number of carboxylic acids is 2. The maximum absolute atomic E-state index is 9.87. The molecule has 1 unspecified atom stereocenters. The van der Waals surface area contributed by atoms with E-state index in [9.17, 15) is 9.59 Å². The van der Waals surface area contributed by atoms with E-state index in [2.05, 4.69) is 0 Å². The molecule has 0 radical (unpaired) electrons. The van der Waals surface area contributed by atoms with Crippen molar-refractivity contribution in [3.63, 3.8) is 0 Å². The Morgan fingerprint density at radius 3 is 1.83 bits per heavy atom. The maximum atomic E-state index is 9.87. The molecule has 0 saturated heterocycles. The highest BCUT2D eigenvalue weighted by atomic mass is 35.5. The number of hydrogen-bond donors (Lipinski definition) is 3. The number of aliphatic hydroxyl groups is 1. The fraction of sp³-hybridized carbons (Fsp3) is 0.600. The van der Waals surface area contributed by atoms with Gasteiger partial charge in [0.25, 0.3) is 0 Å². The summed E-state index contributed by atoms with van der Waals surface area (Å²) in [5.41, 5.74) is 0. The summed E-state index contributed by atoms with van der Waals surface area (Å²) in [5.74, 6) is -2.50. The third kappa shape index (κ3) is 9.48. The standard InChI is InChI=1S/C5H8O5.2ClH/c6-3(5(9)10)1-2-4(7)8;;/h3,6H,1-2H2,(H,7,8)(H,9,10);2*1H. The first-order valence-electron chi connectivity index (χ1n) is 2.66. The molecule has 74 valence electrons. The average Bonchev–Trinajstić information content (AvgIpc) is 1.82.